The Morgan fingerprint density at radius 2 is 1.02 bits per heavy atom. The Bertz CT molecular complexity index is 1970. The molecule has 0 aliphatic carbocycles. The molecular formula is C43H50Cl2O13. The van der Waals surface area contributed by atoms with Gasteiger partial charge in [-0.1, -0.05) is 59.6 Å². The van der Waals surface area contributed by atoms with Crippen LogP contribution in [0.4, 0.5) is 0 Å². The Morgan fingerprint density at radius 3 is 1.47 bits per heavy atom. The topological polar surface area (TPSA) is 197 Å². The second-order valence-electron chi connectivity index (χ2n) is 14.3. The number of halogens is 2. The van der Waals surface area contributed by atoms with Crippen molar-refractivity contribution in [2.75, 3.05) is 33.5 Å². The van der Waals surface area contributed by atoms with E-state index in [0.717, 1.165) is 16.9 Å². The van der Waals surface area contributed by atoms with Crippen LogP contribution in [0.25, 0.3) is 0 Å². The summed E-state index contributed by atoms with van der Waals surface area (Å²) in [5.41, 5.74) is 3.43. The number of hydrogen-bond acceptors (Lipinski definition) is 13. The lowest BCUT2D eigenvalue weighted by Gasteiger charge is -2.51. The number of methoxy groups -OCH3 is 1. The van der Waals surface area contributed by atoms with Crippen molar-refractivity contribution in [3.63, 3.8) is 0 Å². The molecule has 314 valence electrons. The average Bonchev–Trinajstić information content (AvgIpc) is 3.23. The van der Waals surface area contributed by atoms with Crippen molar-refractivity contribution in [3.05, 3.63) is 128 Å². The molecule has 2 saturated heterocycles. The molecule has 0 spiro atoms. The van der Waals surface area contributed by atoms with Crippen LogP contribution >= 0.6 is 23.2 Å². The summed E-state index contributed by atoms with van der Waals surface area (Å²) in [6.45, 7) is 3.41. The Hall–Kier alpha value is -3.38. The predicted molar refractivity (Wildman–Crippen MR) is 213 cm³/mol. The molecule has 2 fully saturated rings. The number of aliphatic hydroxyl groups excluding tert-OH is 7. The van der Waals surface area contributed by atoms with Crippen molar-refractivity contribution in [3.8, 4) is 11.5 Å². The first-order valence-electron chi connectivity index (χ1n) is 19.1. The van der Waals surface area contributed by atoms with Gasteiger partial charge >= 0.3 is 0 Å². The first-order valence-corrected chi connectivity index (χ1v) is 19.8. The second kappa shape index (κ2) is 18.9. The molecule has 13 nitrogen and oxygen atoms in total. The maximum atomic E-state index is 11.7. The van der Waals surface area contributed by atoms with Crippen LogP contribution in [0.3, 0.4) is 0 Å². The molecule has 4 aromatic carbocycles. The number of aliphatic hydroxyl groups is 7. The van der Waals surface area contributed by atoms with Crippen LogP contribution in [0.15, 0.2) is 84.9 Å². The van der Waals surface area contributed by atoms with Gasteiger partial charge < -0.3 is 64.2 Å². The number of hydrogen-bond donors (Lipinski definition) is 7. The van der Waals surface area contributed by atoms with Crippen molar-refractivity contribution in [1.29, 1.82) is 0 Å². The summed E-state index contributed by atoms with van der Waals surface area (Å²) >= 11 is 13.3. The lowest BCUT2D eigenvalue weighted by atomic mass is 9.86. The van der Waals surface area contributed by atoms with Gasteiger partial charge in [0.25, 0.3) is 0 Å². The minimum absolute atomic E-state index is 0.148. The van der Waals surface area contributed by atoms with Gasteiger partial charge in [-0.3, -0.25) is 0 Å². The zero-order chi connectivity index (χ0) is 41.8. The van der Waals surface area contributed by atoms with E-state index in [2.05, 4.69) is 0 Å². The van der Waals surface area contributed by atoms with Crippen LogP contribution in [0, 0.1) is 0 Å². The number of benzene rings is 4. The molecule has 0 bridgehead atoms. The maximum absolute atomic E-state index is 11.7. The van der Waals surface area contributed by atoms with Gasteiger partial charge in [0.2, 0.25) is 11.6 Å². The lowest BCUT2D eigenvalue weighted by Crippen LogP contribution is -2.67. The molecule has 0 saturated carbocycles. The third kappa shape index (κ3) is 8.89. The SMILES string of the molecule is CCOc1ccc(Cc2cc([C@]3(OC)O[C@H](CO[C@@]4(c5ccc(Cl)c(Cc6ccc(OCC)cc6)c5)O[C@H](CO)[C@@H](O)[C@H](O)[C@H]4O)[C@@H](O)[C@H](O)[C@H]3O)ccc2Cl)cc1. The number of rotatable bonds is 15. The third-order valence-corrected chi connectivity index (χ3v) is 11.4. The average molecular weight is 846 g/mol. The molecule has 0 aromatic heterocycles. The van der Waals surface area contributed by atoms with Gasteiger partial charge in [0, 0.05) is 28.3 Å². The second-order valence-corrected chi connectivity index (χ2v) is 15.1. The fourth-order valence-electron chi connectivity index (χ4n) is 7.48. The summed E-state index contributed by atoms with van der Waals surface area (Å²) < 4.78 is 35.8. The van der Waals surface area contributed by atoms with Crippen LogP contribution in [-0.4, -0.2) is 118 Å². The van der Waals surface area contributed by atoms with E-state index in [1.165, 1.54) is 13.2 Å². The van der Waals surface area contributed by atoms with Crippen molar-refractivity contribution >= 4 is 23.2 Å². The summed E-state index contributed by atoms with van der Waals surface area (Å²) in [6.07, 6.45) is -13.2. The first-order chi connectivity index (χ1) is 27.8. The van der Waals surface area contributed by atoms with Crippen LogP contribution in [0.5, 0.6) is 11.5 Å². The quantitative estimate of drug-likeness (QED) is 0.0918. The number of ether oxygens (including phenoxy) is 6. The van der Waals surface area contributed by atoms with Gasteiger partial charge in [-0.15, -0.1) is 0 Å². The summed E-state index contributed by atoms with van der Waals surface area (Å²) in [7, 11) is 1.27. The molecule has 2 aliphatic rings. The van der Waals surface area contributed by atoms with Crippen molar-refractivity contribution in [2.45, 2.75) is 87.1 Å². The monoisotopic (exact) mass is 844 g/mol. The van der Waals surface area contributed by atoms with Crippen LogP contribution in [-0.2, 0) is 43.4 Å². The van der Waals surface area contributed by atoms with Gasteiger partial charge in [0.15, 0.2) is 0 Å². The minimum Gasteiger partial charge on any atom is -0.494 e. The van der Waals surface area contributed by atoms with E-state index in [4.69, 9.17) is 51.6 Å². The third-order valence-electron chi connectivity index (χ3n) is 10.6. The van der Waals surface area contributed by atoms with Gasteiger partial charge in [0.05, 0.1) is 26.4 Å². The fourth-order valence-corrected chi connectivity index (χ4v) is 7.85. The van der Waals surface area contributed by atoms with Crippen molar-refractivity contribution < 1.29 is 64.2 Å². The Morgan fingerprint density at radius 1 is 0.586 bits per heavy atom. The molecule has 0 unspecified atom stereocenters. The van der Waals surface area contributed by atoms with Crippen molar-refractivity contribution in [2.24, 2.45) is 0 Å². The van der Waals surface area contributed by atoms with E-state index in [1.807, 2.05) is 62.4 Å². The Kier molecular flexibility index (Phi) is 14.4. The van der Waals surface area contributed by atoms with Gasteiger partial charge in [-0.25, -0.2) is 0 Å². The maximum Gasteiger partial charge on any atom is 0.225 e. The summed E-state index contributed by atoms with van der Waals surface area (Å²) in [6, 6.07) is 24.4. The highest BCUT2D eigenvalue weighted by Crippen LogP contribution is 2.44. The van der Waals surface area contributed by atoms with Crippen LogP contribution in [0.1, 0.15) is 47.2 Å². The molecule has 0 amide bonds. The molecule has 7 N–H and O–H groups in total. The molecule has 0 radical (unpaired) electrons. The predicted octanol–water partition coefficient (Wildman–Crippen LogP) is 3.60. The highest BCUT2D eigenvalue weighted by atomic mass is 35.5. The molecular weight excluding hydrogens is 795 g/mol. The molecule has 58 heavy (non-hydrogen) atoms. The van der Waals surface area contributed by atoms with Crippen LogP contribution in [0.2, 0.25) is 10.0 Å². The van der Waals surface area contributed by atoms with E-state index in [-0.39, 0.29) is 11.1 Å². The zero-order valence-corrected chi connectivity index (χ0v) is 33.8. The molecule has 15 heteroatoms. The molecule has 2 aliphatic heterocycles. The van der Waals surface area contributed by atoms with Gasteiger partial charge in [0.1, 0.15) is 60.3 Å². The molecule has 6 rings (SSSR count). The van der Waals surface area contributed by atoms with Gasteiger partial charge in [-0.05, 0) is 97.5 Å². The Balaban J connectivity index is 1.33. The largest absolute Gasteiger partial charge is 0.494 e. The molecule has 2 heterocycles. The standard InChI is InChI=1S/C43H50Cl2O13/c1-4-54-30-12-6-24(7-13-30)18-26-20-28(10-16-32(26)44)42(53-3)40(51)39(50)37(48)35(58-42)23-56-43(41(52)38(49)36(47)34(22-46)57-43)29-11-17-33(45)27(21-29)19-25-8-14-31(15-9-25)55-5-2/h6-17,20-21,34-41,46-52H,4-5,18-19,22-23H2,1-3H3/t34-,35-,36-,37-,38+,39+,40-,41-,42+,43+/m1/s1. The summed E-state index contributed by atoms with van der Waals surface area (Å²) in [4.78, 5) is 0. The van der Waals surface area contributed by atoms with E-state index in [9.17, 15) is 35.7 Å². The molecule has 10 atom stereocenters. The van der Waals surface area contributed by atoms with Crippen molar-refractivity contribution in [1.82, 2.24) is 0 Å². The smallest absolute Gasteiger partial charge is 0.225 e. The first kappa shape index (κ1) is 44.2. The zero-order valence-electron chi connectivity index (χ0n) is 32.3. The van der Waals surface area contributed by atoms with E-state index < -0.39 is 73.6 Å². The summed E-state index contributed by atoms with van der Waals surface area (Å²) in [5, 5.41) is 78.6. The van der Waals surface area contributed by atoms with E-state index in [1.54, 1.807) is 30.3 Å². The Labute approximate surface area is 346 Å². The lowest BCUT2D eigenvalue weighted by molar-refractivity contribution is -0.400. The fraction of sp³-hybridized carbons (Fsp3) is 0.442. The highest BCUT2D eigenvalue weighted by Gasteiger charge is 2.59. The minimum atomic E-state index is -2.30. The normalized spacial score (nSPS) is 29.9. The highest BCUT2D eigenvalue weighted by molar-refractivity contribution is 6.31. The van der Waals surface area contributed by atoms with Crippen LogP contribution < -0.4 is 9.47 Å². The summed E-state index contributed by atoms with van der Waals surface area (Å²) in [5.74, 6) is -2.95. The van der Waals surface area contributed by atoms with E-state index >= 15 is 0 Å². The van der Waals surface area contributed by atoms with Gasteiger partial charge in [-0.2, -0.15) is 0 Å². The van der Waals surface area contributed by atoms with E-state index in [0.29, 0.717) is 53.0 Å². The molecule has 4 aromatic rings.